The molecule has 6 nitrogen and oxygen atoms in total. The van der Waals surface area contributed by atoms with Gasteiger partial charge in [-0.15, -0.1) is 0 Å². The Hall–Kier alpha value is -2.24. The molecule has 0 amide bonds. The second-order valence-corrected chi connectivity index (χ2v) is 4.83. The molecular weight excluding hydrogens is 288 g/mol. The summed E-state index contributed by atoms with van der Waals surface area (Å²) in [5.41, 5.74) is 0.824. The summed E-state index contributed by atoms with van der Waals surface area (Å²) in [6, 6.07) is 5.41. The third kappa shape index (κ3) is 4.13. The molecule has 0 aromatic heterocycles. The molecule has 0 unspecified atom stereocenters. The van der Waals surface area contributed by atoms with Crippen LogP contribution in [0.15, 0.2) is 18.2 Å². The van der Waals surface area contributed by atoms with Gasteiger partial charge in [-0.3, -0.25) is 9.59 Å². The fraction of sp³-hybridized carbons (Fsp3) is 0.500. The molecule has 1 heterocycles. The van der Waals surface area contributed by atoms with E-state index in [1.54, 1.807) is 26.0 Å². The Morgan fingerprint density at radius 1 is 1.05 bits per heavy atom. The Labute approximate surface area is 129 Å². The third-order valence-electron chi connectivity index (χ3n) is 3.30. The highest BCUT2D eigenvalue weighted by atomic mass is 16.7. The van der Waals surface area contributed by atoms with E-state index in [1.807, 2.05) is 6.07 Å². The van der Waals surface area contributed by atoms with Crippen LogP contribution in [0.25, 0.3) is 0 Å². The first-order valence-electron chi connectivity index (χ1n) is 7.34. The molecular formula is C16H20O6. The summed E-state index contributed by atoms with van der Waals surface area (Å²) in [5.74, 6) is 0.293. The van der Waals surface area contributed by atoms with Crippen LogP contribution in [0.2, 0.25) is 0 Å². The molecule has 0 radical (unpaired) electrons. The lowest BCUT2D eigenvalue weighted by molar-refractivity contribution is -0.145. The molecule has 0 fully saturated rings. The molecule has 120 valence electrons. The smallest absolute Gasteiger partial charge is 0.306 e. The van der Waals surface area contributed by atoms with E-state index in [-0.39, 0.29) is 37.5 Å². The van der Waals surface area contributed by atoms with E-state index in [9.17, 15) is 9.59 Å². The molecule has 22 heavy (non-hydrogen) atoms. The number of rotatable bonds is 7. The van der Waals surface area contributed by atoms with Crippen molar-refractivity contribution >= 4 is 11.9 Å². The molecule has 0 bridgehead atoms. The van der Waals surface area contributed by atoms with Gasteiger partial charge >= 0.3 is 11.9 Å². The minimum absolute atomic E-state index is 0.117. The molecule has 0 saturated heterocycles. The van der Waals surface area contributed by atoms with Gasteiger partial charge in [-0.05, 0) is 31.5 Å². The van der Waals surface area contributed by atoms with Crippen LogP contribution in [0.4, 0.5) is 0 Å². The summed E-state index contributed by atoms with van der Waals surface area (Å²) < 4.78 is 20.6. The van der Waals surface area contributed by atoms with Crippen LogP contribution in [0.3, 0.4) is 0 Å². The van der Waals surface area contributed by atoms with Gasteiger partial charge in [0.05, 0.1) is 26.1 Å². The van der Waals surface area contributed by atoms with Gasteiger partial charge in [-0.2, -0.15) is 0 Å². The maximum absolute atomic E-state index is 11.8. The topological polar surface area (TPSA) is 71.1 Å². The summed E-state index contributed by atoms with van der Waals surface area (Å²) >= 11 is 0. The summed E-state index contributed by atoms with van der Waals surface area (Å²) in [5, 5.41) is 0. The number of carbonyl (C=O) groups is 2. The first kappa shape index (κ1) is 16.1. The van der Waals surface area contributed by atoms with Crippen LogP contribution >= 0.6 is 0 Å². The number of hydrogen-bond donors (Lipinski definition) is 0. The minimum atomic E-state index is -0.338. The second kappa shape index (κ2) is 7.68. The van der Waals surface area contributed by atoms with Crippen molar-refractivity contribution in [3.05, 3.63) is 23.8 Å². The molecule has 1 aliphatic heterocycles. The first-order chi connectivity index (χ1) is 10.6. The van der Waals surface area contributed by atoms with Gasteiger partial charge in [0, 0.05) is 5.92 Å². The van der Waals surface area contributed by atoms with Crippen molar-refractivity contribution in [3.8, 4) is 11.5 Å². The Balaban J connectivity index is 2.15. The molecule has 1 aliphatic rings. The maximum Gasteiger partial charge on any atom is 0.306 e. The zero-order valence-corrected chi connectivity index (χ0v) is 12.8. The van der Waals surface area contributed by atoms with Crippen LogP contribution in [0, 0.1) is 0 Å². The van der Waals surface area contributed by atoms with Crippen molar-refractivity contribution in [2.45, 2.75) is 32.6 Å². The Bertz CT molecular complexity index is 519. The molecule has 2 rings (SSSR count). The molecule has 0 spiro atoms. The molecule has 6 heteroatoms. The van der Waals surface area contributed by atoms with Gasteiger partial charge < -0.3 is 18.9 Å². The lowest BCUT2D eigenvalue weighted by atomic mass is 9.92. The SMILES string of the molecule is CCOC(=O)CC(CC(=O)OCC)c1ccc2c(c1)OCO2. The van der Waals surface area contributed by atoms with Gasteiger partial charge in [0.25, 0.3) is 0 Å². The zero-order chi connectivity index (χ0) is 15.9. The summed E-state index contributed by atoms with van der Waals surface area (Å²) in [6.07, 6.45) is 0.235. The van der Waals surface area contributed by atoms with Crippen molar-refractivity contribution < 1.29 is 28.5 Å². The molecule has 0 N–H and O–H groups in total. The highest BCUT2D eigenvalue weighted by Crippen LogP contribution is 2.36. The maximum atomic E-state index is 11.8. The van der Waals surface area contributed by atoms with Crippen LogP contribution in [-0.2, 0) is 19.1 Å². The van der Waals surface area contributed by atoms with Crippen molar-refractivity contribution in [1.29, 1.82) is 0 Å². The van der Waals surface area contributed by atoms with E-state index in [0.29, 0.717) is 24.7 Å². The van der Waals surface area contributed by atoms with E-state index in [2.05, 4.69) is 0 Å². The fourth-order valence-corrected chi connectivity index (χ4v) is 2.32. The summed E-state index contributed by atoms with van der Waals surface area (Å²) in [7, 11) is 0. The van der Waals surface area contributed by atoms with Crippen molar-refractivity contribution in [2.24, 2.45) is 0 Å². The lowest BCUT2D eigenvalue weighted by Crippen LogP contribution is -2.15. The normalized spacial score (nSPS) is 12.3. The van der Waals surface area contributed by atoms with E-state index in [1.165, 1.54) is 0 Å². The van der Waals surface area contributed by atoms with Gasteiger partial charge in [0.15, 0.2) is 11.5 Å². The third-order valence-corrected chi connectivity index (χ3v) is 3.30. The van der Waals surface area contributed by atoms with Gasteiger partial charge in [-0.25, -0.2) is 0 Å². The van der Waals surface area contributed by atoms with Crippen LogP contribution in [-0.4, -0.2) is 31.9 Å². The number of ether oxygens (including phenoxy) is 4. The Morgan fingerprint density at radius 3 is 2.23 bits per heavy atom. The van der Waals surface area contributed by atoms with Gasteiger partial charge in [-0.1, -0.05) is 6.07 Å². The highest BCUT2D eigenvalue weighted by Gasteiger charge is 2.23. The van der Waals surface area contributed by atoms with Crippen LogP contribution in [0.1, 0.15) is 38.2 Å². The number of fused-ring (bicyclic) bond motifs is 1. The lowest BCUT2D eigenvalue weighted by Gasteiger charge is -2.16. The van der Waals surface area contributed by atoms with Crippen LogP contribution < -0.4 is 9.47 Å². The van der Waals surface area contributed by atoms with E-state index >= 15 is 0 Å². The molecule has 1 aromatic rings. The molecule has 1 aromatic carbocycles. The minimum Gasteiger partial charge on any atom is -0.466 e. The molecule has 0 aliphatic carbocycles. The quantitative estimate of drug-likeness (QED) is 0.720. The van der Waals surface area contributed by atoms with E-state index < -0.39 is 0 Å². The predicted octanol–water partition coefficient (Wildman–Crippen LogP) is 2.41. The number of hydrogen-bond acceptors (Lipinski definition) is 6. The summed E-state index contributed by atoms with van der Waals surface area (Å²) in [4.78, 5) is 23.5. The number of esters is 2. The predicted molar refractivity (Wildman–Crippen MR) is 77.8 cm³/mol. The van der Waals surface area contributed by atoms with E-state index in [0.717, 1.165) is 5.56 Å². The number of benzene rings is 1. The summed E-state index contributed by atoms with van der Waals surface area (Å²) in [6.45, 7) is 4.30. The number of carbonyl (C=O) groups excluding carboxylic acids is 2. The monoisotopic (exact) mass is 308 g/mol. The fourth-order valence-electron chi connectivity index (χ4n) is 2.32. The molecule has 0 saturated carbocycles. The Morgan fingerprint density at radius 2 is 1.64 bits per heavy atom. The molecule has 0 atom stereocenters. The van der Waals surface area contributed by atoms with Crippen molar-refractivity contribution in [1.82, 2.24) is 0 Å². The van der Waals surface area contributed by atoms with Gasteiger partial charge in [0.1, 0.15) is 0 Å². The average Bonchev–Trinajstić information content (AvgIpc) is 2.94. The second-order valence-electron chi connectivity index (χ2n) is 4.83. The zero-order valence-electron chi connectivity index (χ0n) is 12.8. The van der Waals surface area contributed by atoms with Crippen LogP contribution in [0.5, 0.6) is 11.5 Å². The Kier molecular flexibility index (Phi) is 5.63. The highest BCUT2D eigenvalue weighted by molar-refractivity contribution is 5.75. The van der Waals surface area contributed by atoms with Gasteiger partial charge in [0.2, 0.25) is 6.79 Å². The largest absolute Gasteiger partial charge is 0.466 e. The van der Waals surface area contributed by atoms with Crippen molar-refractivity contribution in [3.63, 3.8) is 0 Å². The first-order valence-corrected chi connectivity index (χ1v) is 7.34. The van der Waals surface area contributed by atoms with E-state index in [4.69, 9.17) is 18.9 Å². The van der Waals surface area contributed by atoms with Crippen molar-refractivity contribution in [2.75, 3.05) is 20.0 Å². The average molecular weight is 308 g/mol. The standard InChI is InChI=1S/C16H20O6/c1-3-19-15(17)8-12(9-16(18)20-4-2)11-5-6-13-14(7-11)22-10-21-13/h5-7,12H,3-4,8-10H2,1-2H3.